The van der Waals surface area contributed by atoms with Crippen LogP contribution in [0, 0.1) is 13.8 Å². The molecule has 5 heteroatoms. The van der Waals surface area contributed by atoms with Crippen molar-refractivity contribution in [1.82, 2.24) is 4.90 Å². The monoisotopic (exact) mass is 337 g/mol. The van der Waals surface area contributed by atoms with Gasteiger partial charge in [0.1, 0.15) is 5.75 Å². The van der Waals surface area contributed by atoms with Crippen LogP contribution in [0.1, 0.15) is 48.8 Å². The van der Waals surface area contributed by atoms with Crippen LogP contribution in [-0.4, -0.2) is 38.1 Å². The SMILES string of the molecule is Cc1ccc(C)c(CS(=O)(=O)CC(=O)N(C)C2CCCCC2)c1. The van der Waals surface area contributed by atoms with Crippen LogP contribution in [0.5, 0.6) is 0 Å². The van der Waals surface area contributed by atoms with Crippen LogP contribution in [0.4, 0.5) is 0 Å². The smallest absolute Gasteiger partial charge is 0.237 e. The van der Waals surface area contributed by atoms with Gasteiger partial charge in [0.15, 0.2) is 9.84 Å². The Kier molecular flexibility index (Phi) is 5.84. The van der Waals surface area contributed by atoms with Crippen LogP contribution in [0.3, 0.4) is 0 Å². The van der Waals surface area contributed by atoms with Gasteiger partial charge >= 0.3 is 0 Å². The van der Waals surface area contributed by atoms with Gasteiger partial charge in [-0.05, 0) is 37.8 Å². The minimum absolute atomic E-state index is 0.0647. The van der Waals surface area contributed by atoms with Crippen molar-refractivity contribution in [3.63, 3.8) is 0 Å². The maximum Gasteiger partial charge on any atom is 0.237 e. The molecular weight excluding hydrogens is 310 g/mol. The molecule has 0 saturated heterocycles. The number of hydrogen-bond acceptors (Lipinski definition) is 3. The van der Waals surface area contributed by atoms with Gasteiger partial charge in [-0.1, -0.05) is 43.0 Å². The van der Waals surface area contributed by atoms with E-state index in [4.69, 9.17) is 0 Å². The number of aryl methyl sites for hydroxylation is 2. The molecule has 0 bridgehead atoms. The molecule has 1 fully saturated rings. The van der Waals surface area contributed by atoms with Gasteiger partial charge in [-0.2, -0.15) is 0 Å². The Balaban J connectivity index is 2.02. The van der Waals surface area contributed by atoms with Gasteiger partial charge in [0.05, 0.1) is 5.75 Å². The van der Waals surface area contributed by atoms with Gasteiger partial charge < -0.3 is 4.90 Å². The molecule has 0 heterocycles. The third-order valence-corrected chi connectivity index (χ3v) is 6.18. The van der Waals surface area contributed by atoms with Crippen LogP contribution < -0.4 is 0 Å². The Morgan fingerprint density at radius 3 is 2.48 bits per heavy atom. The summed E-state index contributed by atoms with van der Waals surface area (Å²) in [7, 11) is -1.71. The topological polar surface area (TPSA) is 54.5 Å². The predicted molar refractivity (Wildman–Crippen MR) is 93.0 cm³/mol. The molecule has 0 aliphatic heterocycles. The normalized spacial score (nSPS) is 16.3. The number of benzene rings is 1. The first-order valence-electron chi connectivity index (χ1n) is 8.31. The van der Waals surface area contributed by atoms with Crippen LogP contribution in [-0.2, 0) is 20.4 Å². The third kappa shape index (κ3) is 5.06. The second kappa shape index (κ2) is 7.47. The molecule has 4 nitrogen and oxygen atoms in total. The van der Waals surface area contributed by atoms with Gasteiger partial charge in [0.2, 0.25) is 5.91 Å². The fraction of sp³-hybridized carbons (Fsp3) is 0.611. The van der Waals surface area contributed by atoms with E-state index in [2.05, 4.69) is 0 Å². The van der Waals surface area contributed by atoms with Crippen molar-refractivity contribution in [2.45, 2.75) is 57.7 Å². The van der Waals surface area contributed by atoms with E-state index < -0.39 is 15.6 Å². The number of rotatable bonds is 5. The van der Waals surface area contributed by atoms with E-state index >= 15 is 0 Å². The number of carbonyl (C=O) groups is 1. The molecule has 1 amide bonds. The Bertz CT molecular complexity index is 661. The molecule has 0 unspecified atom stereocenters. The first-order chi connectivity index (χ1) is 10.8. The Morgan fingerprint density at radius 2 is 1.83 bits per heavy atom. The van der Waals surface area contributed by atoms with Crippen molar-refractivity contribution in [2.75, 3.05) is 12.8 Å². The van der Waals surface area contributed by atoms with Crippen LogP contribution in [0.2, 0.25) is 0 Å². The molecule has 1 aromatic rings. The number of amides is 1. The van der Waals surface area contributed by atoms with Crippen molar-refractivity contribution in [2.24, 2.45) is 0 Å². The maximum atomic E-state index is 12.4. The Hall–Kier alpha value is -1.36. The zero-order valence-electron chi connectivity index (χ0n) is 14.3. The van der Waals surface area contributed by atoms with Crippen molar-refractivity contribution in [3.05, 3.63) is 34.9 Å². The molecule has 1 saturated carbocycles. The van der Waals surface area contributed by atoms with Gasteiger partial charge in [0.25, 0.3) is 0 Å². The van der Waals surface area contributed by atoms with Gasteiger partial charge in [0, 0.05) is 13.1 Å². The molecule has 0 radical (unpaired) electrons. The van der Waals surface area contributed by atoms with Crippen LogP contribution in [0.25, 0.3) is 0 Å². The van der Waals surface area contributed by atoms with Gasteiger partial charge in [-0.25, -0.2) is 8.42 Å². The zero-order chi connectivity index (χ0) is 17.0. The minimum atomic E-state index is -3.45. The second-order valence-electron chi connectivity index (χ2n) is 6.76. The molecular formula is C18H27NO3S. The molecule has 1 aromatic carbocycles. The highest BCUT2D eigenvalue weighted by atomic mass is 32.2. The molecule has 1 aliphatic carbocycles. The molecule has 2 rings (SSSR count). The highest BCUT2D eigenvalue weighted by Gasteiger charge is 2.26. The summed E-state index contributed by atoms with van der Waals surface area (Å²) in [5.74, 6) is -0.736. The molecule has 128 valence electrons. The van der Waals surface area contributed by atoms with Crippen molar-refractivity contribution in [3.8, 4) is 0 Å². The number of nitrogens with zero attached hydrogens (tertiary/aromatic N) is 1. The molecule has 0 spiro atoms. The average molecular weight is 337 g/mol. The van der Waals surface area contributed by atoms with Crippen molar-refractivity contribution in [1.29, 1.82) is 0 Å². The number of sulfone groups is 1. The van der Waals surface area contributed by atoms with E-state index in [0.717, 1.165) is 42.4 Å². The summed E-state index contributed by atoms with van der Waals surface area (Å²) in [5, 5.41) is 0. The summed E-state index contributed by atoms with van der Waals surface area (Å²) < 4.78 is 24.8. The summed E-state index contributed by atoms with van der Waals surface area (Å²) >= 11 is 0. The number of carbonyl (C=O) groups excluding carboxylic acids is 1. The van der Waals surface area contributed by atoms with Crippen LogP contribution in [0.15, 0.2) is 18.2 Å². The van der Waals surface area contributed by atoms with E-state index in [-0.39, 0.29) is 17.7 Å². The minimum Gasteiger partial charge on any atom is -0.342 e. The third-order valence-electron chi connectivity index (χ3n) is 4.74. The van der Waals surface area contributed by atoms with E-state index in [0.29, 0.717) is 0 Å². The molecule has 0 atom stereocenters. The lowest BCUT2D eigenvalue weighted by molar-refractivity contribution is -0.129. The summed E-state index contributed by atoms with van der Waals surface area (Å²) in [4.78, 5) is 14.0. The van der Waals surface area contributed by atoms with Gasteiger partial charge in [-0.15, -0.1) is 0 Å². The predicted octanol–water partition coefficient (Wildman–Crippen LogP) is 3.01. The lowest BCUT2D eigenvalue weighted by atomic mass is 9.94. The molecule has 1 aliphatic rings. The lowest BCUT2D eigenvalue weighted by Gasteiger charge is -2.31. The fourth-order valence-corrected chi connectivity index (χ4v) is 4.67. The van der Waals surface area contributed by atoms with Crippen molar-refractivity contribution < 1.29 is 13.2 Å². The van der Waals surface area contributed by atoms with E-state index in [1.165, 1.54) is 6.42 Å². The Labute approximate surface area is 139 Å². The zero-order valence-corrected chi connectivity index (χ0v) is 15.2. The van der Waals surface area contributed by atoms with E-state index in [9.17, 15) is 13.2 Å². The highest BCUT2D eigenvalue weighted by Crippen LogP contribution is 2.22. The molecule has 0 N–H and O–H groups in total. The largest absolute Gasteiger partial charge is 0.342 e. The first kappa shape index (κ1) is 18.0. The summed E-state index contributed by atoms with van der Waals surface area (Å²) in [5.41, 5.74) is 2.77. The first-order valence-corrected chi connectivity index (χ1v) is 10.1. The summed E-state index contributed by atoms with van der Waals surface area (Å²) in [6.45, 7) is 3.85. The van der Waals surface area contributed by atoms with Crippen LogP contribution >= 0.6 is 0 Å². The van der Waals surface area contributed by atoms with E-state index in [1.54, 1.807) is 11.9 Å². The summed E-state index contributed by atoms with van der Waals surface area (Å²) in [6.07, 6.45) is 5.43. The van der Waals surface area contributed by atoms with Gasteiger partial charge in [-0.3, -0.25) is 4.79 Å². The maximum absolute atomic E-state index is 12.4. The van der Waals surface area contributed by atoms with E-state index in [1.807, 2.05) is 32.0 Å². The second-order valence-corrected chi connectivity index (χ2v) is 8.82. The molecule has 23 heavy (non-hydrogen) atoms. The summed E-state index contributed by atoms with van der Waals surface area (Å²) in [6, 6.07) is 5.98. The fourth-order valence-electron chi connectivity index (χ4n) is 3.21. The lowest BCUT2D eigenvalue weighted by Crippen LogP contribution is -2.41. The Morgan fingerprint density at radius 1 is 1.17 bits per heavy atom. The number of hydrogen-bond donors (Lipinski definition) is 0. The average Bonchev–Trinajstić information content (AvgIpc) is 2.50. The molecule has 0 aromatic heterocycles. The quantitative estimate of drug-likeness (QED) is 0.830. The highest BCUT2D eigenvalue weighted by molar-refractivity contribution is 7.91. The van der Waals surface area contributed by atoms with Crippen molar-refractivity contribution >= 4 is 15.7 Å². The standard InChI is InChI=1S/C18H27NO3S/c1-14-9-10-15(2)16(11-14)12-23(21,22)13-18(20)19(3)17-7-5-4-6-8-17/h9-11,17H,4-8,12-13H2,1-3H3.